The maximum Gasteiger partial charge on any atom is 0.304 e. The largest absolute Gasteiger partial charge is 0.481 e. The van der Waals surface area contributed by atoms with E-state index in [2.05, 4.69) is 6.92 Å². The van der Waals surface area contributed by atoms with Crippen molar-refractivity contribution in [1.82, 2.24) is 0 Å². The number of hydrogen-bond donors (Lipinski definition) is 2. The third kappa shape index (κ3) is 18.1. The highest BCUT2D eigenvalue weighted by molar-refractivity contribution is 8.28. The molecule has 0 aromatic carbocycles. The van der Waals surface area contributed by atoms with Gasteiger partial charge in [0.15, 0.2) is 0 Å². The average molecular weight is 363 g/mol. The predicted octanol–water partition coefficient (Wildman–Crippen LogP) is 6.85. The van der Waals surface area contributed by atoms with Crippen LogP contribution in [0.2, 0.25) is 0 Å². The summed E-state index contributed by atoms with van der Waals surface area (Å²) in [5.74, 6) is 0.447. The molecule has 0 aliphatic rings. The van der Waals surface area contributed by atoms with Gasteiger partial charge in [-0.25, -0.2) is 0 Å². The molecular formula is C20H42O3S. The summed E-state index contributed by atoms with van der Waals surface area (Å²) < 4.78 is 10.2. The summed E-state index contributed by atoms with van der Waals surface area (Å²) in [6.45, 7) is 2.27. The van der Waals surface area contributed by atoms with Crippen molar-refractivity contribution in [2.45, 2.75) is 103 Å². The molecule has 2 N–H and O–H groups in total. The van der Waals surface area contributed by atoms with Gasteiger partial charge in [0, 0.05) is 5.75 Å². The zero-order valence-electron chi connectivity index (χ0n) is 16.2. The van der Waals surface area contributed by atoms with Crippen LogP contribution in [0.5, 0.6) is 0 Å². The molecule has 0 aliphatic heterocycles. The van der Waals surface area contributed by atoms with Crippen molar-refractivity contribution in [2.75, 3.05) is 17.8 Å². The van der Waals surface area contributed by atoms with Crippen molar-refractivity contribution in [2.24, 2.45) is 0 Å². The molecule has 0 rings (SSSR count). The molecule has 0 radical (unpaired) electrons. The van der Waals surface area contributed by atoms with Gasteiger partial charge in [0.2, 0.25) is 0 Å². The highest BCUT2D eigenvalue weighted by Gasteiger charge is 2.15. The first-order valence-electron chi connectivity index (χ1n) is 10.2. The van der Waals surface area contributed by atoms with E-state index in [4.69, 9.17) is 5.11 Å². The van der Waals surface area contributed by atoms with Gasteiger partial charge in [0.1, 0.15) is 0 Å². The molecule has 1 atom stereocenters. The SMILES string of the molecule is CCCCCCCCCCCCCCCCS(C)(O)CCC(=O)O. The molecule has 4 heteroatoms. The van der Waals surface area contributed by atoms with Gasteiger partial charge in [-0.15, -0.1) is 10.3 Å². The molecule has 1 unspecified atom stereocenters. The minimum absolute atomic E-state index is 0.0982. The molecule has 24 heavy (non-hydrogen) atoms. The molecule has 0 aromatic heterocycles. The van der Waals surface area contributed by atoms with Gasteiger partial charge in [-0.3, -0.25) is 4.79 Å². The highest BCUT2D eigenvalue weighted by atomic mass is 32.3. The fourth-order valence-corrected chi connectivity index (χ4v) is 4.66. The zero-order chi connectivity index (χ0) is 18.1. The Kier molecular flexibility index (Phi) is 16.1. The predicted molar refractivity (Wildman–Crippen MR) is 108 cm³/mol. The van der Waals surface area contributed by atoms with Gasteiger partial charge >= 0.3 is 5.97 Å². The Morgan fingerprint density at radius 3 is 1.46 bits per heavy atom. The molecule has 0 aliphatic carbocycles. The van der Waals surface area contributed by atoms with Crippen LogP contribution in [-0.4, -0.2) is 33.4 Å². The second kappa shape index (κ2) is 16.3. The molecule has 0 amide bonds. The van der Waals surface area contributed by atoms with Crippen LogP contribution in [0, 0.1) is 0 Å². The van der Waals surface area contributed by atoms with Gasteiger partial charge in [-0.1, -0.05) is 90.4 Å². The Morgan fingerprint density at radius 1 is 0.708 bits per heavy atom. The van der Waals surface area contributed by atoms with Crippen molar-refractivity contribution < 1.29 is 14.5 Å². The van der Waals surface area contributed by atoms with Crippen LogP contribution in [0.15, 0.2) is 0 Å². The van der Waals surface area contributed by atoms with Crippen molar-refractivity contribution in [3.05, 3.63) is 0 Å². The Hall–Kier alpha value is -0.220. The molecule has 0 saturated heterocycles. The Morgan fingerprint density at radius 2 is 1.08 bits per heavy atom. The Balaban J connectivity index is 3.23. The van der Waals surface area contributed by atoms with Crippen LogP contribution in [0.4, 0.5) is 0 Å². The molecule has 0 spiro atoms. The van der Waals surface area contributed by atoms with E-state index in [1.807, 2.05) is 6.26 Å². The van der Waals surface area contributed by atoms with E-state index in [0.29, 0.717) is 5.75 Å². The molecule has 146 valence electrons. The van der Waals surface area contributed by atoms with E-state index in [-0.39, 0.29) is 6.42 Å². The Bertz CT molecular complexity index is 293. The smallest absolute Gasteiger partial charge is 0.304 e. The number of carboxylic acids is 1. The summed E-state index contributed by atoms with van der Waals surface area (Å²) >= 11 is 0. The highest BCUT2D eigenvalue weighted by Crippen LogP contribution is 2.40. The first-order valence-corrected chi connectivity index (χ1v) is 12.5. The molecule has 0 saturated carbocycles. The first kappa shape index (κ1) is 23.8. The summed E-state index contributed by atoms with van der Waals surface area (Å²) in [7, 11) is -1.67. The first-order chi connectivity index (χ1) is 11.5. The van der Waals surface area contributed by atoms with E-state index < -0.39 is 16.3 Å². The quantitative estimate of drug-likeness (QED) is 0.262. The lowest BCUT2D eigenvalue weighted by Gasteiger charge is -2.28. The van der Waals surface area contributed by atoms with Crippen molar-refractivity contribution in [3.8, 4) is 0 Å². The van der Waals surface area contributed by atoms with E-state index in [0.717, 1.165) is 12.2 Å². The van der Waals surface area contributed by atoms with Crippen LogP contribution < -0.4 is 0 Å². The molecule has 0 bridgehead atoms. The summed E-state index contributed by atoms with van der Waals surface area (Å²) in [5.41, 5.74) is 0. The molecule has 3 nitrogen and oxygen atoms in total. The summed E-state index contributed by atoms with van der Waals surface area (Å²) in [4.78, 5) is 10.5. The van der Waals surface area contributed by atoms with Crippen molar-refractivity contribution in [1.29, 1.82) is 0 Å². The van der Waals surface area contributed by atoms with Gasteiger partial charge in [0.25, 0.3) is 0 Å². The van der Waals surface area contributed by atoms with E-state index >= 15 is 0 Å². The monoisotopic (exact) mass is 362 g/mol. The molecule has 0 aromatic rings. The second-order valence-electron chi connectivity index (χ2n) is 7.37. The molecular weight excluding hydrogens is 320 g/mol. The van der Waals surface area contributed by atoms with Gasteiger partial charge in [0.05, 0.1) is 6.42 Å². The average Bonchev–Trinajstić information content (AvgIpc) is 2.53. The normalized spacial score (nSPS) is 15.1. The lowest BCUT2D eigenvalue weighted by molar-refractivity contribution is -0.136. The fourth-order valence-electron chi connectivity index (χ4n) is 3.02. The summed E-state index contributed by atoms with van der Waals surface area (Å²) in [6.07, 6.45) is 20.6. The number of carboxylic acid groups (broad SMARTS) is 1. The lowest BCUT2D eigenvalue weighted by atomic mass is 10.0. The lowest BCUT2D eigenvalue weighted by Crippen LogP contribution is -2.10. The number of aliphatic carboxylic acids is 1. The minimum atomic E-state index is -1.67. The molecule has 0 fully saturated rings. The van der Waals surface area contributed by atoms with Crippen LogP contribution in [0.3, 0.4) is 0 Å². The summed E-state index contributed by atoms with van der Waals surface area (Å²) in [5, 5.41) is 8.67. The Labute approximate surface area is 152 Å². The van der Waals surface area contributed by atoms with E-state index in [9.17, 15) is 9.35 Å². The topological polar surface area (TPSA) is 57.5 Å². The van der Waals surface area contributed by atoms with Gasteiger partial charge < -0.3 is 9.66 Å². The van der Waals surface area contributed by atoms with Crippen LogP contribution >= 0.6 is 10.3 Å². The van der Waals surface area contributed by atoms with E-state index in [1.54, 1.807) is 0 Å². The standard InChI is InChI=1S/C20H42O3S/c1-3-4-5-6-7-8-9-10-11-12-13-14-15-16-18-24(2,23)19-17-20(21)22/h23H,3-19H2,1-2H3,(H,21,22). The van der Waals surface area contributed by atoms with E-state index in [1.165, 1.54) is 83.5 Å². The number of rotatable bonds is 18. The summed E-state index contributed by atoms with van der Waals surface area (Å²) in [6, 6.07) is 0. The molecule has 0 heterocycles. The van der Waals surface area contributed by atoms with Crippen LogP contribution in [0.25, 0.3) is 0 Å². The third-order valence-electron chi connectivity index (χ3n) is 4.69. The second-order valence-corrected chi connectivity index (χ2v) is 10.6. The number of carbonyl (C=O) groups is 1. The maximum absolute atomic E-state index is 10.5. The maximum atomic E-state index is 10.5. The number of hydrogen-bond acceptors (Lipinski definition) is 2. The minimum Gasteiger partial charge on any atom is -0.481 e. The third-order valence-corrected chi connectivity index (χ3v) is 6.95. The van der Waals surface area contributed by atoms with Gasteiger partial charge in [-0.05, 0) is 18.4 Å². The zero-order valence-corrected chi connectivity index (χ0v) is 17.0. The van der Waals surface area contributed by atoms with Crippen LogP contribution in [-0.2, 0) is 4.79 Å². The van der Waals surface area contributed by atoms with Crippen molar-refractivity contribution in [3.63, 3.8) is 0 Å². The van der Waals surface area contributed by atoms with Crippen LogP contribution in [0.1, 0.15) is 103 Å². The van der Waals surface area contributed by atoms with Crippen molar-refractivity contribution >= 4 is 16.3 Å². The number of unbranched alkanes of at least 4 members (excludes halogenated alkanes) is 13. The fraction of sp³-hybridized carbons (Fsp3) is 0.950. The van der Waals surface area contributed by atoms with Gasteiger partial charge in [-0.2, -0.15) is 0 Å².